The van der Waals surface area contributed by atoms with Gasteiger partial charge in [-0.15, -0.1) is 11.3 Å². The highest BCUT2D eigenvalue weighted by Gasteiger charge is 2.16. The molecule has 1 aromatic heterocycles. The number of unbranched alkanes of at least 4 members (excludes halogenated alkanes) is 1. The monoisotopic (exact) mass is 304 g/mol. The number of aromatic nitrogens is 1. The summed E-state index contributed by atoms with van der Waals surface area (Å²) < 4.78 is 22.7. The fourth-order valence-corrected chi connectivity index (χ4v) is 4.16. The van der Waals surface area contributed by atoms with E-state index in [0.717, 1.165) is 25.2 Å². The summed E-state index contributed by atoms with van der Waals surface area (Å²) in [5.74, 6) is 0.374. The molecule has 1 heterocycles. The lowest BCUT2D eigenvalue weighted by Gasteiger charge is -2.06. The molecule has 19 heavy (non-hydrogen) atoms. The highest BCUT2D eigenvalue weighted by Crippen LogP contribution is 2.26. The molecule has 0 unspecified atom stereocenters. The van der Waals surface area contributed by atoms with Crippen LogP contribution in [0.3, 0.4) is 0 Å². The molecule has 0 fully saturated rings. The molecule has 4 nitrogen and oxygen atoms in total. The molecule has 0 saturated carbocycles. The van der Waals surface area contributed by atoms with E-state index in [9.17, 15) is 8.42 Å². The minimum absolute atomic E-state index is 0.0480. The number of hydrogen-bond acceptors (Lipinski definition) is 5. The molecule has 6 heteroatoms. The van der Waals surface area contributed by atoms with Gasteiger partial charge in [-0.25, -0.2) is 13.4 Å². The first-order valence-electron chi connectivity index (χ1n) is 6.70. The van der Waals surface area contributed by atoms with Gasteiger partial charge in [-0.1, -0.05) is 27.2 Å². The first kappa shape index (κ1) is 16.6. The van der Waals surface area contributed by atoms with Crippen molar-refractivity contribution >= 4 is 21.2 Å². The third-order valence-corrected chi connectivity index (χ3v) is 4.75. The van der Waals surface area contributed by atoms with E-state index in [2.05, 4.69) is 31.1 Å². The van der Waals surface area contributed by atoms with E-state index in [-0.39, 0.29) is 5.75 Å². The van der Waals surface area contributed by atoms with Gasteiger partial charge in [-0.05, 0) is 18.9 Å². The molecule has 0 aliphatic carbocycles. The molecule has 1 N–H and O–H groups in total. The Morgan fingerprint density at radius 3 is 2.58 bits per heavy atom. The van der Waals surface area contributed by atoms with E-state index in [0.29, 0.717) is 10.9 Å². The van der Waals surface area contributed by atoms with Gasteiger partial charge in [0.2, 0.25) is 0 Å². The lowest BCUT2D eigenvalue weighted by Crippen LogP contribution is -2.14. The molecule has 1 rings (SSSR count). The summed E-state index contributed by atoms with van der Waals surface area (Å²) in [6, 6.07) is 0. The quantitative estimate of drug-likeness (QED) is 0.750. The molecular formula is C13H24N2O2S2. The summed E-state index contributed by atoms with van der Waals surface area (Å²) in [6.45, 7) is 8.13. The molecular weight excluding hydrogens is 280 g/mol. The van der Waals surface area contributed by atoms with Crippen LogP contribution in [0.5, 0.6) is 0 Å². The van der Waals surface area contributed by atoms with E-state index < -0.39 is 9.84 Å². The van der Waals surface area contributed by atoms with Crippen molar-refractivity contribution in [1.29, 1.82) is 0 Å². The number of thiazole rings is 1. The van der Waals surface area contributed by atoms with Gasteiger partial charge in [0.25, 0.3) is 0 Å². The van der Waals surface area contributed by atoms with Crippen molar-refractivity contribution in [3.05, 3.63) is 15.6 Å². The zero-order valence-electron chi connectivity index (χ0n) is 12.2. The molecule has 0 aromatic carbocycles. The summed E-state index contributed by atoms with van der Waals surface area (Å²) in [5, 5.41) is 4.10. The Labute approximate surface area is 120 Å². The van der Waals surface area contributed by atoms with Gasteiger partial charge in [0.1, 0.15) is 10.8 Å². The molecule has 0 aliphatic heterocycles. The highest BCUT2D eigenvalue weighted by atomic mass is 32.2. The SMILES string of the molecule is CCCCNCc1sc(CS(C)(=O)=O)nc1C(C)C. The molecule has 0 aliphatic rings. The smallest absolute Gasteiger partial charge is 0.153 e. The van der Waals surface area contributed by atoms with Crippen LogP contribution in [0.2, 0.25) is 0 Å². The predicted molar refractivity (Wildman–Crippen MR) is 81.4 cm³/mol. The average molecular weight is 304 g/mol. The molecule has 0 atom stereocenters. The van der Waals surface area contributed by atoms with Gasteiger partial charge < -0.3 is 5.32 Å². The van der Waals surface area contributed by atoms with E-state index in [1.165, 1.54) is 28.9 Å². The van der Waals surface area contributed by atoms with Crippen LogP contribution in [0, 0.1) is 0 Å². The second-order valence-electron chi connectivity index (χ2n) is 5.17. The molecule has 0 spiro atoms. The Bertz CT molecular complexity index is 493. The fraction of sp³-hybridized carbons (Fsp3) is 0.769. The Hall–Kier alpha value is -0.460. The molecule has 0 radical (unpaired) electrons. The number of sulfone groups is 1. The van der Waals surface area contributed by atoms with Crippen molar-refractivity contribution in [2.75, 3.05) is 12.8 Å². The summed E-state index contributed by atoms with van der Waals surface area (Å²) in [4.78, 5) is 5.66. The van der Waals surface area contributed by atoms with Crippen LogP contribution in [0.25, 0.3) is 0 Å². The minimum Gasteiger partial charge on any atom is -0.312 e. The molecule has 0 bridgehead atoms. The lowest BCUT2D eigenvalue weighted by atomic mass is 10.1. The van der Waals surface area contributed by atoms with Crippen LogP contribution in [-0.4, -0.2) is 26.2 Å². The standard InChI is InChI=1S/C13H24N2O2S2/c1-5-6-7-14-8-11-13(10(2)3)15-12(18-11)9-19(4,16)17/h10,14H,5-9H2,1-4H3. The number of nitrogens with one attached hydrogen (secondary N) is 1. The van der Waals surface area contributed by atoms with Crippen LogP contribution < -0.4 is 5.32 Å². The van der Waals surface area contributed by atoms with Gasteiger partial charge in [0.05, 0.1) is 5.69 Å². The van der Waals surface area contributed by atoms with Crippen molar-refractivity contribution < 1.29 is 8.42 Å². The summed E-state index contributed by atoms with van der Waals surface area (Å²) >= 11 is 1.52. The lowest BCUT2D eigenvalue weighted by molar-refractivity contribution is 0.601. The largest absolute Gasteiger partial charge is 0.312 e. The molecule has 0 saturated heterocycles. The van der Waals surface area contributed by atoms with Crippen LogP contribution in [0.15, 0.2) is 0 Å². The van der Waals surface area contributed by atoms with Crippen molar-refractivity contribution in [2.24, 2.45) is 0 Å². The second kappa shape index (κ2) is 7.36. The summed E-state index contributed by atoms with van der Waals surface area (Å²) in [7, 11) is -3.01. The Balaban J connectivity index is 2.77. The maximum Gasteiger partial charge on any atom is 0.153 e. The van der Waals surface area contributed by atoms with Crippen molar-refractivity contribution in [3.8, 4) is 0 Å². The summed E-state index contributed by atoms with van der Waals surface area (Å²) in [6.07, 6.45) is 3.58. The first-order valence-corrected chi connectivity index (χ1v) is 9.58. The third kappa shape index (κ3) is 6.01. The van der Waals surface area contributed by atoms with Crippen LogP contribution in [0.4, 0.5) is 0 Å². The van der Waals surface area contributed by atoms with Crippen molar-refractivity contribution in [2.45, 2.75) is 51.8 Å². The van der Waals surface area contributed by atoms with Crippen LogP contribution in [0.1, 0.15) is 55.1 Å². The maximum atomic E-state index is 11.3. The zero-order chi connectivity index (χ0) is 14.5. The maximum absolute atomic E-state index is 11.3. The summed E-state index contributed by atoms with van der Waals surface area (Å²) in [5.41, 5.74) is 1.03. The van der Waals surface area contributed by atoms with Gasteiger partial charge >= 0.3 is 0 Å². The second-order valence-corrected chi connectivity index (χ2v) is 8.48. The van der Waals surface area contributed by atoms with Gasteiger partial charge in [-0.3, -0.25) is 0 Å². The molecule has 0 amide bonds. The first-order chi connectivity index (χ1) is 8.83. The molecule has 110 valence electrons. The van der Waals surface area contributed by atoms with E-state index in [1.807, 2.05) is 0 Å². The fourth-order valence-electron chi connectivity index (χ4n) is 1.78. The minimum atomic E-state index is -3.01. The number of hydrogen-bond donors (Lipinski definition) is 1. The van der Waals surface area contributed by atoms with E-state index in [1.54, 1.807) is 0 Å². The normalized spacial score (nSPS) is 12.3. The number of nitrogens with zero attached hydrogens (tertiary/aromatic N) is 1. The molecule has 1 aromatic rings. The van der Waals surface area contributed by atoms with E-state index >= 15 is 0 Å². The van der Waals surface area contributed by atoms with Crippen molar-refractivity contribution in [1.82, 2.24) is 10.3 Å². The predicted octanol–water partition coefficient (Wildman–Crippen LogP) is 2.70. The Morgan fingerprint density at radius 1 is 1.37 bits per heavy atom. The Kier molecular flexibility index (Phi) is 6.42. The highest BCUT2D eigenvalue weighted by molar-refractivity contribution is 7.90. The average Bonchev–Trinajstić information content (AvgIpc) is 2.65. The van der Waals surface area contributed by atoms with Gasteiger partial charge in [0.15, 0.2) is 9.84 Å². The zero-order valence-corrected chi connectivity index (χ0v) is 13.8. The van der Waals surface area contributed by atoms with Gasteiger partial charge in [0, 0.05) is 17.7 Å². The van der Waals surface area contributed by atoms with Crippen LogP contribution in [-0.2, 0) is 22.1 Å². The van der Waals surface area contributed by atoms with Crippen LogP contribution >= 0.6 is 11.3 Å². The third-order valence-electron chi connectivity index (χ3n) is 2.70. The number of rotatable bonds is 8. The van der Waals surface area contributed by atoms with E-state index in [4.69, 9.17) is 0 Å². The topological polar surface area (TPSA) is 59.1 Å². The Morgan fingerprint density at radius 2 is 2.05 bits per heavy atom. The van der Waals surface area contributed by atoms with Crippen molar-refractivity contribution in [3.63, 3.8) is 0 Å². The van der Waals surface area contributed by atoms with Gasteiger partial charge in [-0.2, -0.15) is 0 Å².